The SMILES string of the molecule is CC1CNC(c2ccc(C(F)(F)F)cc2)CS(=O)C1. The van der Waals surface area contributed by atoms with E-state index in [1.165, 1.54) is 12.1 Å². The van der Waals surface area contributed by atoms with Crippen molar-refractivity contribution < 1.29 is 17.4 Å². The molecule has 1 saturated heterocycles. The van der Waals surface area contributed by atoms with Gasteiger partial charge in [0.2, 0.25) is 0 Å². The molecule has 2 rings (SSSR count). The summed E-state index contributed by atoms with van der Waals surface area (Å²) in [6.07, 6.45) is -4.31. The van der Waals surface area contributed by atoms with Crippen LogP contribution in [0, 0.1) is 5.92 Å². The minimum Gasteiger partial charge on any atom is -0.309 e. The summed E-state index contributed by atoms with van der Waals surface area (Å²) in [5.41, 5.74) is 0.106. The van der Waals surface area contributed by atoms with E-state index in [1.54, 1.807) is 0 Å². The lowest BCUT2D eigenvalue weighted by Crippen LogP contribution is -2.25. The second kappa shape index (κ2) is 5.63. The molecule has 19 heavy (non-hydrogen) atoms. The molecule has 6 heteroatoms. The molecule has 3 atom stereocenters. The molecular formula is C13H16F3NOS. The number of hydrogen-bond donors (Lipinski definition) is 1. The van der Waals surface area contributed by atoms with Gasteiger partial charge in [0.15, 0.2) is 0 Å². The molecule has 3 unspecified atom stereocenters. The fourth-order valence-electron chi connectivity index (χ4n) is 2.15. The van der Waals surface area contributed by atoms with E-state index in [9.17, 15) is 17.4 Å². The molecule has 1 heterocycles. The molecule has 0 aromatic heterocycles. The predicted molar refractivity (Wildman–Crippen MR) is 69.2 cm³/mol. The molecule has 1 fully saturated rings. The van der Waals surface area contributed by atoms with E-state index in [2.05, 4.69) is 5.32 Å². The van der Waals surface area contributed by atoms with Gasteiger partial charge in [-0.3, -0.25) is 4.21 Å². The number of nitrogens with one attached hydrogen (secondary N) is 1. The Balaban J connectivity index is 2.15. The molecule has 0 saturated carbocycles. The van der Waals surface area contributed by atoms with Crippen LogP contribution < -0.4 is 5.32 Å². The first-order valence-electron chi connectivity index (χ1n) is 6.12. The molecular weight excluding hydrogens is 275 g/mol. The summed E-state index contributed by atoms with van der Waals surface area (Å²) in [6.45, 7) is 2.75. The molecule has 2 nitrogen and oxygen atoms in total. The van der Waals surface area contributed by atoms with Crippen LogP contribution in [-0.2, 0) is 17.0 Å². The van der Waals surface area contributed by atoms with Crippen molar-refractivity contribution in [3.05, 3.63) is 35.4 Å². The largest absolute Gasteiger partial charge is 0.416 e. The summed E-state index contributed by atoms with van der Waals surface area (Å²) in [5.74, 6) is 1.42. The Kier molecular flexibility index (Phi) is 4.30. The highest BCUT2D eigenvalue weighted by Crippen LogP contribution is 2.30. The van der Waals surface area contributed by atoms with Crippen LogP contribution in [0.3, 0.4) is 0 Å². The Morgan fingerprint density at radius 2 is 1.84 bits per heavy atom. The summed E-state index contributed by atoms with van der Waals surface area (Å²) in [7, 11) is -0.925. The Morgan fingerprint density at radius 1 is 1.21 bits per heavy atom. The normalized spacial score (nSPS) is 28.9. The van der Waals surface area contributed by atoms with Crippen molar-refractivity contribution in [2.75, 3.05) is 18.1 Å². The molecule has 1 N–H and O–H groups in total. The molecule has 1 aliphatic rings. The van der Waals surface area contributed by atoms with Crippen LogP contribution in [0.5, 0.6) is 0 Å². The van der Waals surface area contributed by atoms with Gasteiger partial charge in [0, 0.05) is 28.3 Å². The van der Waals surface area contributed by atoms with Gasteiger partial charge in [-0.1, -0.05) is 19.1 Å². The van der Waals surface area contributed by atoms with Gasteiger partial charge in [-0.2, -0.15) is 13.2 Å². The molecule has 106 valence electrons. The van der Waals surface area contributed by atoms with Gasteiger partial charge in [-0.15, -0.1) is 0 Å². The van der Waals surface area contributed by atoms with Crippen LogP contribution in [0.2, 0.25) is 0 Å². The highest BCUT2D eigenvalue weighted by molar-refractivity contribution is 7.85. The molecule has 0 bridgehead atoms. The Hall–Kier alpha value is -0.880. The van der Waals surface area contributed by atoms with E-state index < -0.39 is 22.5 Å². The Labute approximate surface area is 112 Å². The van der Waals surface area contributed by atoms with Crippen molar-refractivity contribution in [2.45, 2.75) is 19.1 Å². The van der Waals surface area contributed by atoms with Crippen LogP contribution in [-0.4, -0.2) is 22.3 Å². The van der Waals surface area contributed by atoms with Crippen LogP contribution in [0.15, 0.2) is 24.3 Å². The van der Waals surface area contributed by atoms with E-state index in [0.29, 0.717) is 17.4 Å². The van der Waals surface area contributed by atoms with E-state index in [4.69, 9.17) is 0 Å². The third-order valence-electron chi connectivity index (χ3n) is 3.18. The number of halogens is 3. The molecule has 1 aromatic carbocycles. The lowest BCUT2D eigenvalue weighted by molar-refractivity contribution is -0.137. The Bertz CT molecular complexity index is 458. The zero-order valence-corrected chi connectivity index (χ0v) is 11.4. The maximum Gasteiger partial charge on any atom is 0.416 e. The number of alkyl halides is 3. The number of benzene rings is 1. The maximum absolute atomic E-state index is 12.5. The van der Waals surface area contributed by atoms with Crippen LogP contribution in [0.4, 0.5) is 13.2 Å². The van der Waals surface area contributed by atoms with Gasteiger partial charge in [-0.05, 0) is 30.2 Å². The van der Waals surface area contributed by atoms with Gasteiger partial charge >= 0.3 is 6.18 Å². The van der Waals surface area contributed by atoms with Crippen molar-refractivity contribution >= 4 is 10.8 Å². The second-order valence-electron chi connectivity index (χ2n) is 4.96. The van der Waals surface area contributed by atoms with Crippen molar-refractivity contribution in [3.8, 4) is 0 Å². The summed E-state index contributed by atoms with van der Waals surface area (Å²) in [5, 5.41) is 3.26. The first kappa shape index (κ1) is 14.5. The lowest BCUT2D eigenvalue weighted by atomic mass is 10.1. The van der Waals surface area contributed by atoms with Gasteiger partial charge in [0.05, 0.1) is 5.56 Å². The predicted octanol–water partition coefficient (Wildman–Crippen LogP) is 2.73. The monoisotopic (exact) mass is 291 g/mol. The zero-order valence-electron chi connectivity index (χ0n) is 10.5. The topological polar surface area (TPSA) is 29.1 Å². The standard InChI is InChI=1S/C13H16F3NOS/c1-9-6-17-12(8-19(18)7-9)10-2-4-11(5-3-10)13(14,15)16/h2-5,9,12,17H,6-8H2,1H3. The summed E-state index contributed by atoms with van der Waals surface area (Å²) >= 11 is 0. The van der Waals surface area contributed by atoms with E-state index in [-0.39, 0.29) is 6.04 Å². The van der Waals surface area contributed by atoms with Crippen molar-refractivity contribution in [1.82, 2.24) is 5.32 Å². The summed E-state index contributed by atoms with van der Waals surface area (Å²) in [6, 6.07) is 4.96. The number of rotatable bonds is 1. The van der Waals surface area contributed by atoms with Gasteiger partial charge in [-0.25, -0.2) is 0 Å². The lowest BCUT2D eigenvalue weighted by Gasteiger charge is -2.17. The average Bonchev–Trinajstić information content (AvgIpc) is 2.49. The highest BCUT2D eigenvalue weighted by Gasteiger charge is 2.30. The average molecular weight is 291 g/mol. The summed E-state index contributed by atoms with van der Waals surface area (Å²) in [4.78, 5) is 0. The first-order chi connectivity index (χ1) is 8.86. The molecule has 0 radical (unpaired) electrons. The quantitative estimate of drug-likeness (QED) is 0.862. The van der Waals surface area contributed by atoms with E-state index >= 15 is 0 Å². The van der Waals surface area contributed by atoms with E-state index in [1.807, 2.05) is 6.92 Å². The minimum atomic E-state index is -4.31. The fraction of sp³-hybridized carbons (Fsp3) is 0.538. The van der Waals surface area contributed by atoms with Gasteiger partial charge < -0.3 is 5.32 Å². The second-order valence-corrected chi connectivity index (χ2v) is 6.51. The molecule has 1 aliphatic heterocycles. The number of hydrogen-bond acceptors (Lipinski definition) is 2. The third kappa shape index (κ3) is 3.79. The van der Waals surface area contributed by atoms with Crippen LogP contribution in [0.25, 0.3) is 0 Å². The van der Waals surface area contributed by atoms with Crippen LogP contribution in [0.1, 0.15) is 24.1 Å². The van der Waals surface area contributed by atoms with Gasteiger partial charge in [0.1, 0.15) is 0 Å². The first-order valence-corrected chi connectivity index (χ1v) is 7.60. The zero-order chi connectivity index (χ0) is 14.0. The summed E-state index contributed by atoms with van der Waals surface area (Å²) < 4.78 is 49.2. The molecule has 0 spiro atoms. The van der Waals surface area contributed by atoms with Crippen molar-refractivity contribution in [3.63, 3.8) is 0 Å². The molecule has 0 amide bonds. The van der Waals surface area contributed by atoms with Crippen molar-refractivity contribution in [1.29, 1.82) is 0 Å². The fourth-order valence-corrected chi connectivity index (χ4v) is 3.72. The molecule has 1 aromatic rings. The molecule has 0 aliphatic carbocycles. The maximum atomic E-state index is 12.5. The third-order valence-corrected chi connectivity index (χ3v) is 4.82. The van der Waals surface area contributed by atoms with Crippen LogP contribution >= 0.6 is 0 Å². The van der Waals surface area contributed by atoms with Gasteiger partial charge in [0.25, 0.3) is 0 Å². The minimum absolute atomic E-state index is 0.131. The van der Waals surface area contributed by atoms with Crippen molar-refractivity contribution in [2.24, 2.45) is 5.92 Å². The highest BCUT2D eigenvalue weighted by atomic mass is 32.2. The Morgan fingerprint density at radius 3 is 2.42 bits per heavy atom. The van der Waals surface area contributed by atoms with E-state index in [0.717, 1.165) is 24.2 Å². The smallest absolute Gasteiger partial charge is 0.309 e.